The quantitative estimate of drug-likeness (QED) is 0.783. The molecule has 0 radical (unpaired) electrons. The molecule has 3 aromatic rings. The number of hydrogen-bond donors (Lipinski definition) is 1. The first kappa shape index (κ1) is 13.4. The van der Waals surface area contributed by atoms with Crippen molar-refractivity contribution in [3.8, 4) is 0 Å². The number of rotatable bonds is 4. The highest BCUT2D eigenvalue weighted by atomic mass is 15.1. The molecule has 0 saturated heterocycles. The standard InChI is InChI=1S/C18H19N3/c1-21(2)18-10-11-19-13-17(18)20-12-15-8-5-7-14-6-3-4-9-16(14)15/h3-11,13,20H,12H2,1-2H3. The van der Waals surface area contributed by atoms with Crippen LogP contribution in [0.1, 0.15) is 5.56 Å². The molecular weight excluding hydrogens is 258 g/mol. The van der Waals surface area contributed by atoms with E-state index >= 15 is 0 Å². The number of nitrogens with one attached hydrogen (secondary N) is 1. The number of benzene rings is 2. The zero-order valence-electron chi connectivity index (χ0n) is 12.4. The van der Waals surface area contributed by atoms with Gasteiger partial charge >= 0.3 is 0 Å². The van der Waals surface area contributed by atoms with Crippen LogP contribution in [0.4, 0.5) is 11.4 Å². The van der Waals surface area contributed by atoms with Crippen molar-refractivity contribution < 1.29 is 0 Å². The average molecular weight is 277 g/mol. The topological polar surface area (TPSA) is 28.2 Å². The third-order valence-electron chi connectivity index (χ3n) is 3.63. The molecule has 0 aliphatic heterocycles. The summed E-state index contributed by atoms with van der Waals surface area (Å²) in [6, 6.07) is 16.9. The van der Waals surface area contributed by atoms with E-state index in [1.807, 2.05) is 32.6 Å². The van der Waals surface area contributed by atoms with Gasteiger partial charge in [0.1, 0.15) is 0 Å². The first-order valence-electron chi connectivity index (χ1n) is 7.07. The molecule has 3 nitrogen and oxygen atoms in total. The molecule has 0 bridgehead atoms. The van der Waals surface area contributed by atoms with Gasteiger partial charge in [0.2, 0.25) is 0 Å². The van der Waals surface area contributed by atoms with Gasteiger partial charge in [0.15, 0.2) is 0 Å². The highest BCUT2D eigenvalue weighted by molar-refractivity contribution is 5.86. The van der Waals surface area contributed by atoms with Gasteiger partial charge in [-0.05, 0) is 22.4 Å². The van der Waals surface area contributed by atoms with Crippen molar-refractivity contribution in [2.75, 3.05) is 24.3 Å². The molecule has 0 aliphatic rings. The molecule has 3 heteroatoms. The predicted molar refractivity (Wildman–Crippen MR) is 89.8 cm³/mol. The molecule has 3 rings (SSSR count). The number of hydrogen-bond acceptors (Lipinski definition) is 3. The number of fused-ring (bicyclic) bond motifs is 1. The molecular formula is C18H19N3. The lowest BCUT2D eigenvalue weighted by Gasteiger charge is -2.18. The molecule has 0 aliphatic carbocycles. The van der Waals surface area contributed by atoms with E-state index in [-0.39, 0.29) is 0 Å². The van der Waals surface area contributed by atoms with Crippen molar-refractivity contribution in [1.29, 1.82) is 0 Å². The summed E-state index contributed by atoms with van der Waals surface area (Å²) >= 11 is 0. The van der Waals surface area contributed by atoms with Crippen molar-refractivity contribution in [2.24, 2.45) is 0 Å². The Kier molecular flexibility index (Phi) is 3.73. The summed E-state index contributed by atoms with van der Waals surface area (Å²) in [4.78, 5) is 6.30. The van der Waals surface area contributed by atoms with E-state index < -0.39 is 0 Å². The van der Waals surface area contributed by atoms with Crippen LogP contribution < -0.4 is 10.2 Å². The molecule has 0 saturated carbocycles. The van der Waals surface area contributed by atoms with Crippen LogP contribution in [-0.2, 0) is 6.54 Å². The fraction of sp³-hybridized carbons (Fsp3) is 0.167. The van der Waals surface area contributed by atoms with Crippen LogP contribution in [-0.4, -0.2) is 19.1 Å². The van der Waals surface area contributed by atoms with Crippen LogP contribution >= 0.6 is 0 Å². The Morgan fingerprint density at radius 2 is 1.81 bits per heavy atom. The second-order valence-corrected chi connectivity index (χ2v) is 5.28. The molecule has 1 heterocycles. The zero-order valence-corrected chi connectivity index (χ0v) is 12.4. The normalized spacial score (nSPS) is 10.6. The Bertz CT molecular complexity index is 745. The maximum absolute atomic E-state index is 4.21. The lowest BCUT2D eigenvalue weighted by Crippen LogP contribution is -2.12. The van der Waals surface area contributed by atoms with E-state index in [2.05, 4.69) is 57.7 Å². The summed E-state index contributed by atoms with van der Waals surface area (Å²) in [6.45, 7) is 0.786. The van der Waals surface area contributed by atoms with Gasteiger partial charge < -0.3 is 10.2 Å². The minimum Gasteiger partial charge on any atom is -0.378 e. The molecule has 2 aromatic carbocycles. The Labute approximate surface area is 125 Å². The van der Waals surface area contributed by atoms with E-state index in [1.165, 1.54) is 16.3 Å². The summed E-state index contributed by atoms with van der Waals surface area (Å²) in [5.41, 5.74) is 3.49. The molecule has 21 heavy (non-hydrogen) atoms. The maximum Gasteiger partial charge on any atom is 0.0766 e. The second-order valence-electron chi connectivity index (χ2n) is 5.28. The monoisotopic (exact) mass is 277 g/mol. The highest BCUT2D eigenvalue weighted by Gasteiger charge is 2.05. The molecule has 0 spiro atoms. The van der Waals surface area contributed by atoms with Gasteiger partial charge in [-0.2, -0.15) is 0 Å². The lowest BCUT2D eigenvalue weighted by molar-refractivity contribution is 1.09. The number of anilines is 2. The molecule has 0 amide bonds. The third kappa shape index (κ3) is 2.82. The zero-order chi connectivity index (χ0) is 14.7. The Morgan fingerprint density at radius 3 is 2.67 bits per heavy atom. The van der Waals surface area contributed by atoms with Gasteiger partial charge in [0.25, 0.3) is 0 Å². The fourth-order valence-corrected chi connectivity index (χ4v) is 2.55. The number of pyridine rings is 1. The number of nitrogens with zero attached hydrogens (tertiary/aromatic N) is 2. The van der Waals surface area contributed by atoms with Crippen LogP contribution in [0.15, 0.2) is 60.9 Å². The van der Waals surface area contributed by atoms with E-state index in [0.717, 1.165) is 17.9 Å². The van der Waals surface area contributed by atoms with Crippen LogP contribution in [0.5, 0.6) is 0 Å². The average Bonchev–Trinajstić information content (AvgIpc) is 2.53. The first-order valence-corrected chi connectivity index (χ1v) is 7.07. The van der Waals surface area contributed by atoms with Crippen molar-refractivity contribution in [2.45, 2.75) is 6.54 Å². The molecule has 106 valence electrons. The van der Waals surface area contributed by atoms with Crippen LogP contribution in [0.2, 0.25) is 0 Å². The Morgan fingerprint density at radius 1 is 1.00 bits per heavy atom. The van der Waals surface area contributed by atoms with Gasteiger partial charge in [-0.15, -0.1) is 0 Å². The fourth-order valence-electron chi connectivity index (χ4n) is 2.55. The smallest absolute Gasteiger partial charge is 0.0766 e. The summed E-state index contributed by atoms with van der Waals surface area (Å²) in [5, 5.41) is 6.07. The van der Waals surface area contributed by atoms with Gasteiger partial charge in [0, 0.05) is 26.8 Å². The van der Waals surface area contributed by atoms with Gasteiger partial charge in [0.05, 0.1) is 17.6 Å². The number of aromatic nitrogens is 1. The third-order valence-corrected chi connectivity index (χ3v) is 3.63. The SMILES string of the molecule is CN(C)c1ccncc1NCc1cccc2ccccc12. The summed E-state index contributed by atoms with van der Waals surface area (Å²) in [5.74, 6) is 0. The second kappa shape index (κ2) is 5.83. The molecule has 0 atom stereocenters. The summed E-state index contributed by atoms with van der Waals surface area (Å²) in [6.07, 6.45) is 3.69. The van der Waals surface area contributed by atoms with E-state index in [9.17, 15) is 0 Å². The lowest BCUT2D eigenvalue weighted by atomic mass is 10.0. The van der Waals surface area contributed by atoms with Crippen molar-refractivity contribution in [3.63, 3.8) is 0 Å². The summed E-state index contributed by atoms with van der Waals surface area (Å²) < 4.78 is 0. The van der Waals surface area contributed by atoms with Crippen molar-refractivity contribution in [1.82, 2.24) is 4.98 Å². The molecule has 0 unspecified atom stereocenters. The largest absolute Gasteiger partial charge is 0.378 e. The van der Waals surface area contributed by atoms with Crippen LogP contribution in [0, 0.1) is 0 Å². The van der Waals surface area contributed by atoms with Gasteiger partial charge in [-0.1, -0.05) is 42.5 Å². The minimum atomic E-state index is 0.786. The van der Waals surface area contributed by atoms with Crippen molar-refractivity contribution >= 4 is 22.1 Å². The maximum atomic E-state index is 4.21. The highest BCUT2D eigenvalue weighted by Crippen LogP contribution is 2.24. The first-order chi connectivity index (χ1) is 10.3. The molecule has 1 N–H and O–H groups in total. The van der Waals surface area contributed by atoms with Gasteiger partial charge in [-0.25, -0.2) is 0 Å². The van der Waals surface area contributed by atoms with E-state index in [4.69, 9.17) is 0 Å². The molecule has 1 aromatic heterocycles. The van der Waals surface area contributed by atoms with E-state index in [1.54, 1.807) is 0 Å². The Balaban J connectivity index is 1.87. The minimum absolute atomic E-state index is 0.786. The predicted octanol–water partition coefficient (Wildman–Crippen LogP) is 3.91. The summed E-state index contributed by atoms with van der Waals surface area (Å²) in [7, 11) is 4.08. The Hall–Kier alpha value is -2.55. The van der Waals surface area contributed by atoms with E-state index in [0.29, 0.717) is 0 Å². The van der Waals surface area contributed by atoms with Crippen LogP contribution in [0.3, 0.4) is 0 Å². The van der Waals surface area contributed by atoms with Gasteiger partial charge in [-0.3, -0.25) is 4.98 Å². The molecule has 0 fully saturated rings. The van der Waals surface area contributed by atoms with Crippen LogP contribution in [0.25, 0.3) is 10.8 Å². The van der Waals surface area contributed by atoms with Crippen molar-refractivity contribution in [3.05, 3.63) is 66.5 Å².